The Labute approximate surface area is 115 Å². The van der Waals surface area contributed by atoms with Gasteiger partial charge in [-0.2, -0.15) is 0 Å². The second-order valence-corrected chi connectivity index (χ2v) is 8.20. The van der Waals surface area contributed by atoms with Crippen LogP contribution in [0.15, 0.2) is 4.47 Å². The van der Waals surface area contributed by atoms with Crippen molar-refractivity contribution in [1.82, 2.24) is 9.97 Å². The average molecular weight is 342 g/mol. The van der Waals surface area contributed by atoms with Gasteiger partial charge in [-0.15, -0.1) is 0 Å². The van der Waals surface area contributed by atoms with Crippen LogP contribution in [0.3, 0.4) is 0 Å². The Bertz CT molecular complexity index is 538. The summed E-state index contributed by atoms with van der Waals surface area (Å²) in [5.41, 5.74) is 0.466. The lowest BCUT2D eigenvalue weighted by Gasteiger charge is -2.20. The third kappa shape index (κ3) is 4.19. The highest BCUT2D eigenvalue weighted by Crippen LogP contribution is 2.32. The van der Waals surface area contributed by atoms with Gasteiger partial charge in [-0.25, -0.2) is 18.4 Å². The van der Waals surface area contributed by atoms with Crippen LogP contribution >= 0.6 is 27.5 Å². The highest BCUT2D eigenvalue weighted by Gasteiger charge is 2.23. The molecule has 0 aromatic carbocycles. The second kappa shape index (κ2) is 4.82. The number of rotatable bonds is 2. The van der Waals surface area contributed by atoms with Crippen LogP contribution < -0.4 is 0 Å². The summed E-state index contributed by atoms with van der Waals surface area (Å²) >= 11 is 9.28. The van der Waals surface area contributed by atoms with E-state index in [1.54, 1.807) is 0 Å². The van der Waals surface area contributed by atoms with Crippen LogP contribution in [-0.2, 0) is 21.0 Å². The van der Waals surface area contributed by atoms with E-state index in [-0.39, 0.29) is 22.1 Å². The SMILES string of the molecule is CC(C)(C)c1nc(CS(C)(=O)=O)nc(Cl)c1Br. The second-order valence-electron chi connectivity index (χ2n) is 4.91. The van der Waals surface area contributed by atoms with Crippen LogP contribution in [0, 0.1) is 0 Å². The molecule has 0 aliphatic rings. The Morgan fingerprint density at radius 2 is 1.82 bits per heavy atom. The van der Waals surface area contributed by atoms with Crippen molar-refractivity contribution in [2.24, 2.45) is 0 Å². The molecule has 1 rings (SSSR count). The third-order valence-electron chi connectivity index (χ3n) is 1.96. The Morgan fingerprint density at radius 1 is 1.29 bits per heavy atom. The van der Waals surface area contributed by atoms with E-state index in [2.05, 4.69) is 25.9 Å². The van der Waals surface area contributed by atoms with Crippen LogP contribution in [0.2, 0.25) is 5.15 Å². The molecule has 4 nitrogen and oxygen atoms in total. The lowest BCUT2D eigenvalue weighted by atomic mass is 9.92. The molecule has 0 saturated heterocycles. The van der Waals surface area contributed by atoms with Gasteiger partial charge in [0.15, 0.2) is 9.84 Å². The number of nitrogens with zero attached hydrogens (tertiary/aromatic N) is 2. The molecule has 0 bridgehead atoms. The smallest absolute Gasteiger partial charge is 0.154 e. The molecule has 1 aromatic rings. The summed E-state index contributed by atoms with van der Waals surface area (Å²) in [5.74, 6) is 0.0222. The fourth-order valence-electron chi connectivity index (χ4n) is 1.26. The lowest BCUT2D eigenvalue weighted by Crippen LogP contribution is -2.18. The summed E-state index contributed by atoms with van der Waals surface area (Å²) in [5, 5.41) is 0.239. The zero-order valence-corrected chi connectivity index (χ0v) is 13.2. The molecular weight excluding hydrogens is 328 g/mol. The van der Waals surface area contributed by atoms with Crippen LogP contribution in [0.25, 0.3) is 0 Å². The topological polar surface area (TPSA) is 59.9 Å². The van der Waals surface area contributed by atoms with Gasteiger partial charge in [0.25, 0.3) is 0 Å². The molecule has 0 N–H and O–H groups in total. The molecular formula is C10H14BrClN2O2S. The summed E-state index contributed by atoms with van der Waals surface area (Å²) in [6.45, 7) is 5.92. The Balaban J connectivity index is 3.34. The summed E-state index contributed by atoms with van der Waals surface area (Å²) in [7, 11) is -3.17. The number of hydrogen-bond acceptors (Lipinski definition) is 4. The lowest BCUT2D eigenvalue weighted by molar-refractivity contribution is 0.558. The van der Waals surface area contributed by atoms with Gasteiger partial charge < -0.3 is 0 Å². The minimum atomic E-state index is -3.17. The van der Waals surface area contributed by atoms with Crippen LogP contribution in [0.4, 0.5) is 0 Å². The van der Waals surface area contributed by atoms with E-state index in [1.165, 1.54) is 0 Å². The van der Waals surface area contributed by atoms with Crippen molar-refractivity contribution in [3.63, 3.8) is 0 Å². The summed E-state index contributed by atoms with van der Waals surface area (Å²) in [6.07, 6.45) is 1.14. The van der Waals surface area contributed by atoms with Crippen molar-refractivity contribution < 1.29 is 8.42 Å². The van der Waals surface area contributed by atoms with Crippen molar-refractivity contribution in [2.75, 3.05) is 6.26 Å². The Kier molecular flexibility index (Phi) is 4.21. The first-order valence-corrected chi connectivity index (χ1v) is 8.14. The quantitative estimate of drug-likeness (QED) is 0.776. The third-order valence-corrected chi connectivity index (χ3v) is 3.99. The maximum absolute atomic E-state index is 11.2. The largest absolute Gasteiger partial charge is 0.235 e. The van der Waals surface area contributed by atoms with E-state index in [0.717, 1.165) is 6.26 Å². The molecule has 96 valence electrons. The first-order chi connectivity index (χ1) is 7.50. The molecule has 17 heavy (non-hydrogen) atoms. The van der Waals surface area contributed by atoms with Crippen molar-refractivity contribution >= 4 is 37.4 Å². The number of halogens is 2. The standard InChI is InChI=1S/C10H14BrClN2O2S/c1-10(2,3)8-7(11)9(12)14-6(13-8)5-17(4,15)16/h5H2,1-4H3. The van der Waals surface area contributed by atoms with Gasteiger partial charge in [0, 0.05) is 11.7 Å². The molecule has 0 spiro atoms. The van der Waals surface area contributed by atoms with Crippen molar-refractivity contribution in [3.05, 3.63) is 21.1 Å². The predicted molar refractivity (Wildman–Crippen MR) is 72.0 cm³/mol. The van der Waals surface area contributed by atoms with E-state index in [4.69, 9.17) is 11.6 Å². The number of hydrogen-bond donors (Lipinski definition) is 0. The van der Waals surface area contributed by atoms with Crippen molar-refractivity contribution in [2.45, 2.75) is 31.9 Å². The molecule has 0 radical (unpaired) electrons. The van der Waals surface area contributed by atoms with E-state index in [1.807, 2.05) is 20.8 Å². The van der Waals surface area contributed by atoms with Crippen LogP contribution in [0.5, 0.6) is 0 Å². The fourth-order valence-corrected chi connectivity index (χ4v) is 2.82. The molecule has 0 saturated carbocycles. The average Bonchev–Trinajstić information content (AvgIpc) is 2.06. The van der Waals surface area contributed by atoms with Crippen molar-refractivity contribution in [1.29, 1.82) is 0 Å². The predicted octanol–water partition coefficient (Wildman–Crippen LogP) is 2.73. The minimum absolute atomic E-state index is 0.205. The zero-order valence-electron chi connectivity index (χ0n) is 10.1. The number of sulfone groups is 1. The molecule has 0 fully saturated rings. The normalized spacial score (nSPS) is 12.8. The summed E-state index contributed by atoms with van der Waals surface area (Å²) in [6, 6.07) is 0. The highest BCUT2D eigenvalue weighted by molar-refractivity contribution is 9.10. The van der Waals surface area contributed by atoms with Gasteiger partial charge in [0.2, 0.25) is 0 Å². The molecule has 0 aliphatic carbocycles. The van der Waals surface area contributed by atoms with E-state index in [9.17, 15) is 8.42 Å². The monoisotopic (exact) mass is 340 g/mol. The summed E-state index contributed by atoms with van der Waals surface area (Å²) < 4.78 is 23.1. The Morgan fingerprint density at radius 3 is 2.24 bits per heavy atom. The van der Waals surface area contributed by atoms with Crippen molar-refractivity contribution in [3.8, 4) is 0 Å². The molecule has 7 heteroatoms. The van der Waals surface area contributed by atoms with E-state index >= 15 is 0 Å². The number of aromatic nitrogens is 2. The molecule has 1 heterocycles. The highest BCUT2D eigenvalue weighted by atomic mass is 79.9. The van der Waals surface area contributed by atoms with E-state index < -0.39 is 9.84 Å². The van der Waals surface area contributed by atoms with Gasteiger partial charge in [-0.3, -0.25) is 0 Å². The zero-order chi connectivity index (χ0) is 13.4. The first kappa shape index (κ1) is 14.9. The van der Waals surface area contributed by atoms with Gasteiger partial charge in [0.1, 0.15) is 16.7 Å². The molecule has 0 amide bonds. The van der Waals surface area contributed by atoms with Crippen LogP contribution in [-0.4, -0.2) is 24.6 Å². The van der Waals surface area contributed by atoms with Gasteiger partial charge in [-0.1, -0.05) is 32.4 Å². The maximum Gasteiger partial charge on any atom is 0.154 e. The molecule has 0 aliphatic heterocycles. The fraction of sp³-hybridized carbons (Fsp3) is 0.600. The van der Waals surface area contributed by atoms with E-state index in [0.29, 0.717) is 10.2 Å². The molecule has 0 unspecified atom stereocenters. The summed E-state index contributed by atoms with van der Waals surface area (Å²) in [4.78, 5) is 8.23. The van der Waals surface area contributed by atoms with Gasteiger partial charge in [-0.05, 0) is 15.9 Å². The minimum Gasteiger partial charge on any atom is -0.235 e. The van der Waals surface area contributed by atoms with Gasteiger partial charge >= 0.3 is 0 Å². The Hall–Kier alpha value is -0.200. The maximum atomic E-state index is 11.2. The van der Waals surface area contributed by atoms with Gasteiger partial charge in [0.05, 0.1) is 10.2 Å². The molecule has 0 atom stereocenters. The first-order valence-electron chi connectivity index (χ1n) is 4.91. The van der Waals surface area contributed by atoms with Crippen LogP contribution in [0.1, 0.15) is 32.3 Å². The molecule has 1 aromatic heterocycles.